The van der Waals surface area contributed by atoms with Crippen LogP contribution in [0, 0.1) is 19.7 Å². The first-order valence-corrected chi connectivity index (χ1v) is 10.4. The Balaban J connectivity index is 1.68. The number of aromatic amines is 1. The smallest absolute Gasteiger partial charge is 0.247 e. The van der Waals surface area contributed by atoms with E-state index in [1.807, 2.05) is 0 Å². The van der Waals surface area contributed by atoms with Gasteiger partial charge in [-0.15, -0.1) is 11.3 Å². The van der Waals surface area contributed by atoms with Crippen molar-refractivity contribution in [2.24, 2.45) is 0 Å². The van der Waals surface area contributed by atoms with Crippen LogP contribution in [0.2, 0.25) is 0 Å². The van der Waals surface area contributed by atoms with E-state index in [9.17, 15) is 12.8 Å². The molecule has 0 saturated heterocycles. The van der Waals surface area contributed by atoms with Crippen molar-refractivity contribution in [3.63, 3.8) is 0 Å². The Morgan fingerprint density at radius 2 is 2.04 bits per heavy atom. The predicted molar refractivity (Wildman–Crippen MR) is 96.9 cm³/mol. The van der Waals surface area contributed by atoms with Gasteiger partial charge in [0.2, 0.25) is 10.0 Å². The second-order valence-electron chi connectivity index (χ2n) is 6.22. The zero-order chi connectivity index (χ0) is 18.5. The van der Waals surface area contributed by atoms with Crippen molar-refractivity contribution >= 4 is 21.4 Å². The zero-order valence-corrected chi connectivity index (χ0v) is 15.9. The summed E-state index contributed by atoms with van der Waals surface area (Å²) in [6.45, 7) is 3.97. The number of hydrogen-bond acceptors (Lipinski definition) is 5. The summed E-state index contributed by atoms with van der Waals surface area (Å²) in [5, 5.41) is 7.30. The number of sulfonamides is 1. The average molecular weight is 392 g/mol. The first-order valence-electron chi connectivity index (χ1n) is 8.13. The van der Waals surface area contributed by atoms with Crippen molar-refractivity contribution in [2.45, 2.75) is 31.7 Å². The van der Waals surface area contributed by atoms with Crippen LogP contribution in [-0.4, -0.2) is 34.4 Å². The Labute approximate surface area is 154 Å². The maximum absolute atomic E-state index is 14.0. The molecule has 1 aliphatic rings. The number of benzene rings is 1. The lowest BCUT2D eigenvalue weighted by atomic mass is 10.2. The molecule has 1 aliphatic heterocycles. The van der Waals surface area contributed by atoms with E-state index < -0.39 is 10.0 Å². The van der Waals surface area contributed by atoms with Gasteiger partial charge < -0.3 is 0 Å². The quantitative estimate of drug-likeness (QED) is 0.743. The van der Waals surface area contributed by atoms with Crippen molar-refractivity contribution in [3.8, 4) is 10.6 Å². The highest BCUT2D eigenvalue weighted by Gasteiger charge is 2.33. The van der Waals surface area contributed by atoms with E-state index in [0.717, 1.165) is 10.6 Å². The van der Waals surface area contributed by atoms with Crippen molar-refractivity contribution in [1.29, 1.82) is 0 Å². The lowest BCUT2D eigenvalue weighted by molar-refractivity contribution is 0.392. The molecule has 9 heteroatoms. The van der Waals surface area contributed by atoms with Crippen molar-refractivity contribution < 1.29 is 12.8 Å². The number of aromatic nitrogens is 3. The van der Waals surface area contributed by atoms with Gasteiger partial charge >= 0.3 is 0 Å². The Bertz CT molecular complexity index is 1070. The Morgan fingerprint density at radius 1 is 1.27 bits per heavy atom. The third-order valence-corrected chi connectivity index (χ3v) is 7.68. The van der Waals surface area contributed by atoms with Gasteiger partial charge in [0.1, 0.15) is 15.7 Å². The second kappa shape index (κ2) is 6.26. The van der Waals surface area contributed by atoms with E-state index in [1.54, 1.807) is 32.0 Å². The molecule has 0 bridgehead atoms. The molecule has 0 aliphatic carbocycles. The third-order valence-electron chi connectivity index (χ3n) is 4.46. The Hall–Kier alpha value is -2.10. The van der Waals surface area contributed by atoms with Crippen molar-refractivity contribution in [2.75, 3.05) is 6.54 Å². The van der Waals surface area contributed by atoms with E-state index in [2.05, 4.69) is 15.2 Å². The number of rotatable bonds is 3. The molecule has 26 heavy (non-hydrogen) atoms. The van der Waals surface area contributed by atoms with Gasteiger partial charge in [0.15, 0.2) is 0 Å². The maximum Gasteiger partial charge on any atom is 0.247 e. The molecular formula is C17H17FN4O2S2. The van der Waals surface area contributed by atoms with E-state index >= 15 is 0 Å². The summed E-state index contributed by atoms with van der Waals surface area (Å²) < 4.78 is 41.5. The molecule has 1 N–H and O–H groups in total. The molecule has 6 nitrogen and oxygen atoms in total. The first-order chi connectivity index (χ1) is 12.4. The molecule has 0 spiro atoms. The molecular weight excluding hydrogens is 375 g/mol. The summed E-state index contributed by atoms with van der Waals surface area (Å²) in [7, 11) is -3.64. The van der Waals surface area contributed by atoms with Gasteiger partial charge in [-0.2, -0.15) is 9.40 Å². The van der Waals surface area contributed by atoms with Crippen LogP contribution in [0.15, 0.2) is 29.2 Å². The summed E-state index contributed by atoms with van der Waals surface area (Å²) in [6.07, 6.45) is 0.509. The van der Waals surface area contributed by atoms with Gasteiger partial charge in [0.05, 0.1) is 23.6 Å². The van der Waals surface area contributed by atoms with Crippen LogP contribution in [0.5, 0.6) is 0 Å². The fraction of sp³-hybridized carbons (Fsp3) is 0.294. The maximum atomic E-state index is 14.0. The average Bonchev–Trinajstić information content (AvgIpc) is 3.17. The van der Waals surface area contributed by atoms with Gasteiger partial charge in [0, 0.05) is 23.4 Å². The molecule has 136 valence electrons. The fourth-order valence-electron chi connectivity index (χ4n) is 3.18. The summed E-state index contributed by atoms with van der Waals surface area (Å²) >= 11 is 1.35. The highest BCUT2D eigenvalue weighted by atomic mass is 32.2. The summed E-state index contributed by atoms with van der Waals surface area (Å²) in [4.78, 5) is 5.63. The van der Waals surface area contributed by atoms with Gasteiger partial charge in [-0.05, 0) is 26.0 Å². The molecule has 3 heterocycles. The minimum atomic E-state index is -3.64. The van der Waals surface area contributed by atoms with Crippen molar-refractivity contribution in [1.82, 2.24) is 19.5 Å². The van der Waals surface area contributed by atoms with Crippen LogP contribution in [-0.2, 0) is 23.0 Å². The van der Waals surface area contributed by atoms with Crippen LogP contribution in [0.4, 0.5) is 4.39 Å². The number of nitrogens with one attached hydrogen (secondary N) is 1. The summed E-state index contributed by atoms with van der Waals surface area (Å²) in [5.74, 6) is -0.326. The van der Waals surface area contributed by atoms with Gasteiger partial charge in [-0.25, -0.2) is 17.8 Å². The highest BCUT2D eigenvalue weighted by molar-refractivity contribution is 7.89. The van der Waals surface area contributed by atoms with E-state index in [0.29, 0.717) is 34.9 Å². The van der Waals surface area contributed by atoms with E-state index in [-0.39, 0.29) is 17.3 Å². The number of H-pyrrole nitrogens is 1. The standard InChI is InChI=1S/C17H17FN4O2S2/c1-10-16(11(2)21-20-10)26(23,24)22-8-7-14-15(9-22)25-17(19-14)12-5-3-4-6-13(12)18/h3-6H,7-9H2,1-2H3,(H,20,21). The lowest BCUT2D eigenvalue weighted by Gasteiger charge is -2.25. The molecule has 3 aromatic rings. The molecule has 0 radical (unpaired) electrons. The van der Waals surface area contributed by atoms with Crippen LogP contribution in [0.1, 0.15) is 22.0 Å². The topological polar surface area (TPSA) is 79.0 Å². The van der Waals surface area contributed by atoms with Gasteiger partial charge in [-0.3, -0.25) is 5.10 Å². The largest absolute Gasteiger partial charge is 0.281 e. The van der Waals surface area contributed by atoms with E-state index in [4.69, 9.17) is 0 Å². The molecule has 2 aromatic heterocycles. The number of aryl methyl sites for hydroxylation is 2. The number of nitrogens with zero attached hydrogens (tertiary/aromatic N) is 3. The molecule has 0 atom stereocenters. The SMILES string of the molecule is Cc1n[nH]c(C)c1S(=O)(=O)N1CCc2nc(-c3ccccc3F)sc2C1. The van der Waals surface area contributed by atoms with Crippen LogP contribution in [0.3, 0.4) is 0 Å². The second-order valence-corrected chi connectivity index (χ2v) is 9.18. The zero-order valence-electron chi connectivity index (χ0n) is 14.3. The van der Waals surface area contributed by atoms with Gasteiger partial charge in [-0.1, -0.05) is 12.1 Å². The number of hydrogen-bond donors (Lipinski definition) is 1. The minimum Gasteiger partial charge on any atom is -0.281 e. The normalized spacial score (nSPS) is 15.2. The van der Waals surface area contributed by atoms with E-state index in [1.165, 1.54) is 21.7 Å². The minimum absolute atomic E-state index is 0.236. The lowest BCUT2D eigenvalue weighted by Crippen LogP contribution is -2.36. The Kier molecular flexibility index (Phi) is 4.17. The molecule has 0 amide bonds. The summed E-state index contributed by atoms with van der Waals surface area (Å²) in [5.41, 5.74) is 2.29. The predicted octanol–water partition coefficient (Wildman–Crippen LogP) is 3.04. The third kappa shape index (κ3) is 2.76. The monoisotopic (exact) mass is 392 g/mol. The molecule has 0 saturated carbocycles. The number of halogens is 1. The van der Waals surface area contributed by atoms with Crippen LogP contribution >= 0.6 is 11.3 Å². The molecule has 1 aromatic carbocycles. The van der Waals surface area contributed by atoms with Gasteiger partial charge in [0.25, 0.3) is 0 Å². The van der Waals surface area contributed by atoms with Crippen molar-refractivity contribution in [3.05, 3.63) is 52.0 Å². The molecule has 4 rings (SSSR count). The number of fused-ring (bicyclic) bond motifs is 1. The Morgan fingerprint density at radius 3 is 2.73 bits per heavy atom. The van der Waals surface area contributed by atoms with Crippen LogP contribution in [0.25, 0.3) is 10.6 Å². The number of thiazole rings is 1. The highest BCUT2D eigenvalue weighted by Crippen LogP contribution is 2.35. The molecule has 0 unspecified atom stereocenters. The fourth-order valence-corrected chi connectivity index (χ4v) is 6.15. The first kappa shape index (κ1) is 17.3. The summed E-state index contributed by atoms with van der Waals surface area (Å²) in [6, 6.07) is 6.49. The van der Waals surface area contributed by atoms with Crippen LogP contribution < -0.4 is 0 Å². The molecule has 0 fully saturated rings.